The lowest BCUT2D eigenvalue weighted by Crippen LogP contribution is -2.40. The largest absolute Gasteiger partial charge is 0.300 e. The smallest absolute Gasteiger partial charge is 0.0656 e. The van der Waals surface area contributed by atoms with Crippen LogP contribution in [0.4, 0.5) is 0 Å². The van der Waals surface area contributed by atoms with Crippen LogP contribution in [0.2, 0.25) is 0 Å². The van der Waals surface area contributed by atoms with Gasteiger partial charge in [-0.05, 0) is 62.3 Å². The molecule has 3 heteroatoms. The lowest BCUT2D eigenvalue weighted by molar-refractivity contribution is 0.148. The maximum absolute atomic E-state index is 9.04. The van der Waals surface area contributed by atoms with Crippen molar-refractivity contribution in [1.29, 1.82) is 5.26 Å². The Morgan fingerprint density at radius 1 is 1.21 bits per heavy atom. The maximum Gasteiger partial charge on any atom is 0.0656 e. The van der Waals surface area contributed by atoms with E-state index in [0.29, 0.717) is 17.9 Å². The molecule has 1 aromatic heterocycles. The zero-order valence-corrected chi connectivity index (χ0v) is 11.3. The standard InChI is InChI=1S/C16H21N3/c17-11-13-3-4-16(10-13)19-9-1-2-15(12-19)14-5-7-18-8-6-14/h5-8,13,15-16H,1-4,9-10,12H2. The number of rotatable bonds is 2. The summed E-state index contributed by atoms with van der Waals surface area (Å²) in [5.74, 6) is 0.948. The molecule has 0 aromatic carbocycles. The van der Waals surface area contributed by atoms with Gasteiger partial charge in [-0.1, -0.05) is 0 Å². The Bertz CT molecular complexity index is 451. The summed E-state index contributed by atoms with van der Waals surface area (Å²) in [6.45, 7) is 2.37. The molecule has 0 N–H and O–H groups in total. The zero-order chi connectivity index (χ0) is 13.1. The molecule has 0 bridgehead atoms. The van der Waals surface area contributed by atoms with Gasteiger partial charge in [0, 0.05) is 30.9 Å². The SMILES string of the molecule is N#CC1CCC(N2CCCC(c3ccncc3)C2)C1. The second-order valence-corrected chi connectivity index (χ2v) is 5.91. The minimum atomic E-state index is 0.298. The van der Waals surface area contributed by atoms with Gasteiger partial charge in [-0.15, -0.1) is 0 Å². The average molecular weight is 255 g/mol. The van der Waals surface area contributed by atoms with Gasteiger partial charge in [0.1, 0.15) is 0 Å². The Morgan fingerprint density at radius 3 is 2.79 bits per heavy atom. The molecule has 2 aliphatic rings. The van der Waals surface area contributed by atoms with Gasteiger partial charge in [0.25, 0.3) is 0 Å². The van der Waals surface area contributed by atoms with Crippen molar-refractivity contribution in [2.24, 2.45) is 5.92 Å². The van der Waals surface area contributed by atoms with Gasteiger partial charge in [-0.25, -0.2) is 0 Å². The first-order valence-electron chi connectivity index (χ1n) is 7.40. The molecule has 0 amide bonds. The third kappa shape index (κ3) is 2.79. The topological polar surface area (TPSA) is 39.9 Å². The molecule has 3 atom stereocenters. The summed E-state index contributed by atoms with van der Waals surface area (Å²) in [6.07, 6.45) is 9.75. The van der Waals surface area contributed by atoms with Crippen molar-refractivity contribution in [3.8, 4) is 6.07 Å². The molecule has 1 aliphatic heterocycles. The van der Waals surface area contributed by atoms with E-state index in [2.05, 4.69) is 28.1 Å². The van der Waals surface area contributed by atoms with Crippen LogP contribution < -0.4 is 0 Å². The molecule has 3 unspecified atom stereocenters. The first kappa shape index (κ1) is 12.6. The summed E-state index contributed by atoms with van der Waals surface area (Å²) in [6, 6.07) is 7.40. The van der Waals surface area contributed by atoms with E-state index < -0.39 is 0 Å². The number of piperidine rings is 1. The van der Waals surface area contributed by atoms with E-state index in [0.717, 1.165) is 19.4 Å². The molecule has 1 aromatic rings. The first-order valence-corrected chi connectivity index (χ1v) is 7.40. The number of aromatic nitrogens is 1. The van der Waals surface area contributed by atoms with Crippen molar-refractivity contribution in [3.63, 3.8) is 0 Å². The summed E-state index contributed by atoms with van der Waals surface area (Å²) in [5.41, 5.74) is 1.43. The van der Waals surface area contributed by atoms with Gasteiger partial charge in [-0.3, -0.25) is 9.88 Å². The van der Waals surface area contributed by atoms with Crippen molar-refractivity contribution in [1.82, 2.24) is 9.88 Å². The van der Waals surface area contributed by atoms with Gasteiger partial charge in [0.05, 0.1) is 6.07 Å². The Kier molecular flexibility index (Phi) is 3.79. The summed E-state index contributed by atoms with van der Waals surface area (Å²) < 4.78 is 0. The van der Waals surface area contributed by atoms with Crippen LogP contribution in [-0.2, 0) is 0 Å². The van der Waals surface area contributed by atoms with E-state index in [1.54, 1.807) is 0 Å². The molecular weight excluding hydrogens is 234 g/mol. The van der Waals surface area contributed by atoms with Crippen molar-refractivity contribution >= 4 is 0 Å². The van der Waals surface area contributed by atoms with E-state index in [1.165, 1.54) is 31.4 Å². The highest BCUT2D eigenvalue weighted by Gasteiger charge is 2.32. The molecule has 2 heterocycles. The molecule has 1 aliphatic carbocycles. The van der Waals surface area contributed by atoms with Crippen LogP contribution >= 0.6 is 0 Å². The van der Waals surface area contributed by atoms with E-state index in [9.17, 15) is 0 Å². The summed E-state index contributed by atoms with van der Waals surface area (Å²) >= 11 is 0. The van der Waals surface area contributed by atoms with Gasteiger partial charge in [0.15, 0.2) is 0 Å². The van der Waals surface area contributed by atoms with Gasteiger partial charge < -0.3 is 0 Å². The number of hydrogen-bond donors (Lipinski definition) is 0. The number of nitrogens with zero attached hydrogens (tertiary/aromatic N) is 3. The number of pyridine rings is 1. The highest BCUT2D eigenvalue weighted by atomic mass is 15.2. The van der Waals surface area contributed by atoms with Crippen LogP contribution in [0.25, 0.3) is 0 Å². The van der Waals surface area contributed by atoms with Crippen LogP contribution in [0.15, 0.2) is 24.5 Å². The maximum atomic E-state index is 9.04. The average Bonchev–Trinajstić information content (AvgIpc) is 2.97. The summed E-state index contributed by atoms with van der Waals surface area (Å²) in [4.78, 5) is 6.74. The molecular formula is C16H21N3. The minimum Gasteiger partial charge on any atom is -0.300 e. The van der Waals surface area contributed by atoms with Crippen molar-refractivity contribution < 1.29 is 0 Å². The number of likely N-dealkylation sites (tertiary alicyclic amines) is 1. The summed E-state index contributed by atoms with van der Waals surface area (Å²) in [5, 5.41) is 9.04. The second kappa shape index (κ2) is 5.71. The predicted octanol–water partition coefficient (Wildman–Crippen LogP) is 2.95. The van der Waals surface area contributed by atoms with Crippen LogP contribution in [0, 0.1) is 17.2 Å². The summed E-state index contributed by atoms with van der Waals surface area (Å²) in [7, 11) is 0. The Balaban J connectivity index is 1.64. The van der Waals surface area contributed by atoms with E-state index in [4.69, 9.17) is 5.26 Å². The fourth-order valence-corrected chi connectivity index (χ4v) is 3.65. The third-order valence-electron chi connectivity index (χ3n) is 4.73. The van der Waals surface area contributed by atoms with Gasteiger partial charge >= 0.3 is 0 Å². The fraction of sp³-hybridized carbons (Fsp3) is 0.625. The Morgan fingerprint density at radius 2 is 2.05 bits per heavy atom. The van der Waals surface area contributed by atoms with E-state index >= 15 is 0 Å². The quantitative estimate of drug-likeness (QED) is 0.815. The Labute approximate surface area is 115 Å². The number of nitriles is 1. The highest BCUT2D eigenvalue weighted by molar-refractivity contribution is 5.17. The molecule has 3 nitrogen and oxygen atoms in total. The molecule has 1 saturated carbocycles. The van der Waals surface area contributed by atoms with Crippen LogP contribution in [0.5, 0.6) is 0 Å². The van der Waals surface area contributed by atoms with Crippen molar-refractivity contribution in [2.45, 2.75) is 44.1 Å². The second-order valence-electron chi connectivity index (χ2n) is 5.91. The lowest BCUT2D eigenvalue weighted by Gasteiger charge is -2.37. The molecule has 0 spiro atoms. The monoisotopic (exact) mass is 255 g/mol. The van der Waals surface area contributed by atoms with Gasteiger partial charge in [-0.2, -0.15) is 5.26 Å². The molecule has 3 rings (SSSR count). The van der Waals surface area contributed by atoms with Crippen LogP contribution in [-0.4, -0.2) is 29.0 Å². The third-order valence-corrected chi connectivity index (χ3v) is 4.73. The molecule has 1 saturated heterocycles. The zero-order valence-electron chi connectivity index (χ0n) is 11.3. The van der Waals surface area contributed by atoms with E-state index in [1.807, 2.05) is 12.4 Å². The highest BCUT2D eigenvalue weighted by Crippen LogP contribution is 2.34. The fourth-order valence-electron chi connectivity index (χ4n) is 3.65. The molecule has 19 heavy (non-hydrogen) atoms. The number of hydrogen-bond acceptors (Lipinski definition) is 3. The normalized spacial score (nSPS) is 32.1. The van der Waals surface area contributed by atoms with Crippen LogP contribution in [0.1, 0.15) is 43.6 Å². The van der Waals surface area contributed by atoms with Gasteiger partial charge in [0.2, 0.25) is 0 Å². The molecule has 2 fully saturated rings. The predicted molar refractivity (Wildman–Crippen MR) is 74.5 cm³/mol. The lowest BCUT2D eigenvalue weighted by atomic mass is 9.90. The van der Waals surface area contributed by atoms with E-state index in [-0.39, 0.29) is 0 Å². The molecule has 0 radical (unpaired) electrons. The first-order chi connectivity index (χ1) is 9.36. The molecule has 100 valence electrons. The Hall–Kier alpha value is -1.40. The van der Waals surface area contributed by atoms with Crippen molar-refractivity contribution in [3.05, 3.63) is 30.1 Å². The van der Waals surface area contributed by atoms with Crippen LogP contribution in [0.3, 0.4) is 0 Å². The van der Waals surface area contributed by atoms with Crippen molar-refractivity contribution in [2.75, 3.05) is 13.1 Å². The minimum absolute atomic E-state index is 0.298.